The zero-order valence-corrected chi connectivity index (χ0v) is 18.3. The molecule has 0 unspecified atom stereocenters. The van der Waals surface area contributed by atoms with Crippen molar-refractivity contribution in [2.45, 2.75) is 13.8 Å². The van der Waals surface area contributed by atoms with Gasteiger partial charge >= 0.3 is 0 Å². The summed E-state index contributed by atoms with van der Waals surface area (Å²) in [4.78, 5) is 24.5. The summed E-state index contributed by atoms with van der Waals surface area (Å²) in [6, 6.07) is 17.4. The smallest absolute Gasteiger partial charge is 0.293 e. The number of carbonyl (C=O) groups is 1. The molecule has 32 heavy (non-hydrogen) atoms. The van der Waals surface area contributed by atoms with Crippen molar-refractivity contribution in [3.8, 4) is 22.8 Å². The molecule has 0 amide bonds. The van der Waals surface area contributed by atoms with Crippen molar-refractivity contribution in [2.75, 3.05) is 18.5 Å². The van der Waals surface area contributed by atoms with Crippen LogP contribution in [-0.4, -0.2) is 34.4 Å². The van der Waals surface area contributed by atoms with E-state index in [1.165, 1.54) is 4.68 Å². The third-order valence-electron chi connectivity index (χ3n) is 4.58. The zero-order valence-electron chi connectivity index (χ0n) is 18.3. The van der Waals surface area contributed by atoms with Gasteiger partial charge in [-0.3, -0.25) is 9.59 Å². The first-order chi connectivity index (χ1) is 15.6. The Morgan fingerprint density at radius 1 is 1.12 bits per heavy atom. The summed E-state index contributed by atoms with van der Waals surface area (Å²) in [7, 11) is 1.65. The minimum atomic E-state index is -0.160. The van der Waals surface area contributed by atoms with Crippen LogP contribution in [-0.2, 0) is 16.6 Å². The average molecular weight is 434 g/mol. The summed E-state index contributed by atoms with van der Waals surface area (Å²) in [5.41, 5.74) is 2.85. The molecule has 4 aromatic rings. The Hall–Kier alpha value is -4.07. The molecule has 0 spiro atoms. The van der Waals surface area contributed by atoms with E-state index in [4.69, 9.17) is 4.74 Å². The number of para-hydroxylation sites is 1. The molecule has 0 aliphatic carbocycles. The van der Waals surface area contributed by atoms with Crippen LogP contribution in [0.25, 0.3) is 22.2 Å². The number of rotatable bonds is 7. The normalized spacial score (nSPS) is 10.2. The lowest BCUT2D eigenvalue weighted by Crippen LogP contribution is -2.20. The van der Waals surface area contributed by atoms with Crippen molar-refractivity contribution in [3.63, 3.8) is 0 Å². The highest BCUT2D eigenvalue weighted by atomic mass is 16.5. The molecule has 0 aliphatic heterocycles. The predicted molar refractivity (Wildman–Crippen MR) is 125 cm³/mol. The molecule has 0 radical (unpaired) electrons. The number of aromatic amines is 1. The summed E-state index contributed by atoms with van der Waals surface area (Å²) < 4.78 is 11.6. The Morgan fingerprint density at radius 2 is 1.91 bits per heavy atom. The van der Waals surface area contributed by atoms with Crippen LogP contribution in [0.1, 0.15) is 13.8 Å². The number of aromatic nitrogens is 3. The van der Waals surface area contributed by atoms with Gasteiger partial charge in [0.2, 0.25) is 0 Å². The van der Waals surface area contributed by atoms with Gasteiger partial charge in [-0.05, 0) is 50.2 Å². The molecule has 0 fully saturated rings. The SMILES string of the molecule is CCNc1ccc(Oc2ccccc2)c(-c2nn(C)c(=O)c3[nH]ccc23)c1.CCOC=O. The number of H-pyrrole nitrogens is 1. The first kappa shape index (κ1) is 22.6. The van der Waals surface area contributed by atoms with Gasteiger partial charge in [0.15, 0.2) is 0 Å². The minimum Gasteiger partial charge on any atom is -0.468 e. The zero-order chi connectivity index (χ0) is 22.9. The monoisotopic (exact) mass is 434 g/mol. The number of fused-ring (bicyclic) bond motifs is 1. The van der Waals surface area contributed by atoms with E-state index in [9.17, 15) is 9.59 Å². The molecule has 0 bridgehead atoms. The molecule has 0 aliphatic rings. The fraction of sp³-hybridized carbons (Fsp3) is 0.208. The van der Waals surface area contributed by atoms with Crippen LogP contribution < -0.4 is 15.6 Å². The van der Waals surface area contributed by atoms with E-state index >= 15 is 0 Å². The average Bonchev–Trinajstić information content (AvgIpc) is 3.30. The highest BCUT2D eigenvalue weighted by Gasteiger charge is 2.17. The van der Waals surface area contributed by atoms with Crippen molar-refractivity contribution in [2.24, 2.45) is 7.05 Å². The van der Waals surface area contributed by atoms with E-state index in [-0.39, 0.29) is 5.56 Å². The van der Waals surface area contributed by atoms with Crippen LogP contribution in [0.2, 0.25) is 0 Å². The van der Waals surface area contributed by atoms with Crippen LogP contribution in [0.3, 0.4) is 0 Å². The first-order valence-corrected chi connectivity index (χ1v) is 10.3. The predicted octanol–water partition coefficient (Wildman–Crippen LogP) is 4.33. The van der Waals surface area contributed by atoms with Gasteiger partial charge in [-0.1, -0.05) is 18.2 Å². The third kappa shape index (κ3) is 5.15. The molecule has 8 heteroatoms. The lowest BCUT2D eigenvalue weighted by molar-refractivity contribution is -0.128. The van der Waals surface area contributed by atoms with Gasteiger partial charge in [-0.15, -0.1) is 0 Å². The second-order valence-corrected chi connectivity index (χ2v) is 6.75. The van der Waals surface area contributed by atoms with Crippen molar-refractivity contribution < 1.29 is 14.3 Å². The van der Waals surface area contributed by atoms with Crippen LogP contribution in [0.15, 0.2) is 65.6 Å². The number of aryl methyl sites for hydroxylation is 1. The maximum absolute atomic E-state index is 12.3. The number of hydrogen-bond donors (Lipinski definition) is 2. The largest absolute Gasteiger partial charge is 0.468 e. The Balaban J connectivity index is 0.000000523. The maximum Gasteiger partial charge on any atom is 0.293 e. The number of hydrogen-bond acceptors (Lipinski definition) is 6. The fourth-order valence-corrected chi connectivity index (χ4v) is 3.16. The summed E-state index contributed by atoms with van der Waals surface area (Å²) in [5, 5.41) is 8.61. The Bertz CT molecular complexity index is 1230. The van der Waals surface area contributed by atoms with E-state index < -0.39 is 0 Å². The molecule has 8 nitrogen and oxygen atoms in total. The molecule has 2 heterocycles. The van der Waals surface area contributed by atoms with Gasteiger partial charge in [0.05, 0.1) is 6.61 Å². The number of nitrogens with zero attached hydrogens (tertiary/aromatic N) is 2. The Morgan fingerprint density at radius 3 is 2.56 bits per heavy atom. The van der Waals surface area contributed by atoms with Crippen molar-refractivity contribution >= 4 is 23.1 Å². The molecule has 0 atom stereocenters. The molecule has 0 saturated heterocycles. The van der Waals surface area contributed by atoms with E-state index in [0.717, 1.165) is 28.9 Å². The topological polar surface area (TPSA) is 98.2 Å². The van der Waals surface area contributed by atoms with Crippen LogP contribution >= 0.6 is 0 Å². The summed E-state index contributed by atoms with van der Waals surface area (Å²) in [6.45, 7) is 5.51. The van der Waals surface area contributed by atoms with Crippen LogP contribution in [0, 0.1) is 0 Å². The quantitative estimate of drug-likeness (QED) is 0.420. The van der Waals surface area contributed by atoms with Crippen molar-refractivity contribution in [1.29, 1.82) is 0 Å². The molecule has 166 valence electrons. The molecule has 2 aromatic carbocycles. The van der Waals surface area contributed by atoms with E-state index in [0.29, 0.717) is 30.0 Å². The molecular weight excluding hydrogens is 408 g/mol. The van der Waals surface area contributed by atoms with Gasteiger partial charge in [0.25, 0.3) is 12.0 Å². The lowest BCUT2D eigenvalue weighted by Gasteiger charge is -2.14. The molecule has 4 rings (SSSR count). The number of benzene rings is 2. The van der Waals surface area contributed by atoms with Crippen LogP contribution in [0.5, 0.6) is 11.5 Å². The van der Waals surface area contributed by atoms with E-state index in [1.54, 1.807) is 20.2 Å². The fourth-order valence-electron chi connectivity index (χ4n) is 3.16. The first-order valence-electron chi connectivity index (χ1n) is 10.3. The van der Waals surface area contributed by atoms with E-state index in [1.807, 2.05) is 61.5 Å². The number of ether oxygens (including phenoxy) is 2. The van der Waals surface area contributed by atoms with Crippen LogP contribution in [0.4, 0.5) is 5.69 Å². The van der Waals surface area contributed by atoms with Gasteiger partial charge in [0, 0.05) is 36.4 Å². The third-order valence-corrected chi connectivity index (χ3v) is 4.58. The molecule has 2 aromatic heterocycles. The number of anilines is 1. The molecule has 0 saturated carbocycles. The van der Waals surface area contributed by atoms with Gasteiger partial charge < -0.3 is 19.8 Å². The maximum atomic E-state index is 12.3. The Kier molecular flexibility index (Phi) is 7.64. The van der Waals surface area contributed by atoms with E-state index in [2.05, 4.69) is 20.1 Å². The second-order valence-electron chi connectivity index (χ2n) is 6.75. The summed E-state index contributed by atoms with van der Waals surface area (Å²) >= 11 is 0. The molecular formula is C24H26N4O4. The number of carbonyl (C=O) groups excluding carboxylic acids is 1. The van der Waals surface area contributed by atoms with Gasteiger partial charge in [-0.25, -0.2) is 4.68 Å². The standard InChI is InChI=1S/C21H20N4O2.C3H6O2/c1-3-22-14-9-10-18(27-15-7-5-4-6-8-15)17(13-14)19-16-11-12-23-20(16)21(26)25(2)24-19;1-2-5-3-4/h4-13,22-23H,3H2,1-2H3;3H,2H2,1H3. The Labute approximate surface area is 185 Å². The highest BCUT2D eigenvalue weighted by Crippen LogP contribution is 2.37. The van der Waals surface area contributed by atoms with Gasteiger partial charge in [0.1, 0.15) is 22.7 Å². The highest BCUT2D eigenvalue weighted by molar-refractivity contribution is 5.94. The lowest BCUT2D eigenvalue weighted by atomic mass is 10.1. The molecule has 2 N–H and O–H groups in total. The van der Waals surface area contributed by atoms with Gasteiger partial charge in [-0.2, -0.15) is 5.10 Å². The number of nitrogens with one attached hydrogen (secondary N) is 2. The minimum absolute atomic E-state index is 0.160. The second kappa shape index (κ2) is 10.8. The summed E-state index contributed by atoms with van der Waals surface area (Å²) in [6.07, 6.45) is 1.75. The van der Waals surface area contributed by atoms with Crippen molar-refractivity contribution in [1.82, 2.24) is 14.8 Å². The van der Waals surface area contributed by atoms with Crippen molar-refractivity contribution in [3.05, 3.63) is 71.1 Å². The summed E-state index contributed by atoms with van der Waals surface area (Å²) in [5.74, 6) is 1.42.